The van der Waals surface area contributed by atoms with Crippen molar-refractivity contribution < 1.29 is 27.5 Å². The Labute approximate surface area is 107 Å². The Kier molecular flexibility index (Phi) is 5.35. The summed E-state index contributed by atoms with van der Waals surface area (Å²) >= 11 is 0. The van der Waals surface area contributed by atoms with E-state index in [0.29, 0.717) is 5.56 Å². The van der Waals surface area contributed by atoms with E-state index in [1.807, 2.05) is 0 Å². The predicted molar refractivity (Wildman–Crippen MR) is 60.4 cm³/mol. The molecule has 1 N–H and O–H groups in total. The second-order valence-corrected chi connectivity index (χ2v) is 3.61. The van der Waals surface area contributed by atoms with E-state index in [1.54, 1.807) is 35.6 Å². The number of esters is 1. The van der Waals surface area contributed by atoms with E-state index in [9.17, 15) is 22.8 Å². The van der Waals surface area contributed by atoms with Crippen LogP contribution in [-0.2, 0) is 9.53 Å². The van der Waals surface area contributed by atoms with Gasteiger partial charge in [-0.3, -0.25) is 4.79 Å². The number of rotatable bonds is 5. The van der Waals surface area contributed by atoms with Crippen LogP contribution in [0.25, 0.3) is 0 Å². The number of carbonyl (C=O) groups excluding carboxylic acids is 2. The molecule has 0 radical (unpaired) electrons. The summed E-state index contributed by atoms with van der Waals surface area (Å²) in [5, 5.41) is 1.68. The van der Waals surface area contributed by atoms with Crippen molar-refractivity contribution in [3.8, 4) is 0 Å². The summed E-state index contributed by atoms with van der Waals surface area (Å²) in [5.74, 6) is -2.55. The van der Waals surface area contributed by atoms with Crippen molar-refractivity contribution >= 4 is 11.9 Å². The zero-order chi connectivity index (χ0) is 14.3. The summed E-state index contributed by atoms with van der Waals surface area (Å²) in [6.07, 6.45) is -4.78. The number of ether oxygens (including phenoxy) is 1. The Balaban J connectivity index is 2.18. The van der Waals surface area contributed by atoms with Gasteiger partial charge in [-0.15, -0.1) is 0 Å². The fourth-order valence-electron chi connectivity index (χ4n) is 1.20. The zero-order valence-corrected chi connectivity index (χ0v) is 9.87. The second-order valence-electron chi connectivity index (χ2n) is 3.61. The van der Waals surface area contributed by atoms with Crippen LogP contribution in [0.2, 0.25) is 0 Å². The van der Waals surface area contributed by atoms with Crippen LogP contribution in [-0.4, -0.2) is 31.2 Å². The van der Waals surface area contributed by atoms with Gasteiger partial charge in [-0.05, 0) is 18.6 Å². The Morgan fingerprint density at radius 1 is 1.16 bits per heavy atom. The van der Waals surface area contributed by atoms with Crippen LogP contribution in [0.15, 0.2) is 30.3 Å². The number of alkyl halides is 3. The number of benzene rings is 1. The van der Waals surface area contributed by atoms with Gasteiger partial charge in [-0.2, -0.15) is 13.2 Å². The third-order valence-corrected chi connectivity index (χ3v) is 2.11. The van der Waals surface area contributed by atoms with E-state index in [-0.39, 0.29) is 19.6 Å². The Bertz CT molecular complexity index is 432. The van der Waals surface area contributed by atoms with Crippen molar-refractivity contribution in [1.29, 1.82) is 0 Å². The molecular weight excluding hydrogens is 263 g/mol. The summed E-state index contributed by atoms with van der Waals surface area (Å²) in [4.78, 5) is 21.9. The lowest BCUT2D eigenvalue weighted by Gasteiger charge is -2.08. The lowest BCUT2D eigenvalue weighted by atomic mass is 10.2. The van der Waals surface area contributed by atoms with Gasteiger partial charge in [0, 0.05) is 6.54 Å². The van der Waals surface area contributed by atoms with Gasteiger partial charge in [-0.1, -0.05) is 18.2 Å². The monoisotopic (exact) mass is 275 g/mol. The second kappa shape index (κ2) is 6.77. The average Bonchev–Trinajstić information content (AvgIpc) is 2.37. The molecule has 0 saturated heterocycles. The fourth-order valence-corrected chi connectivity index (χ4v) is 1.20. The van der Waals surface area contributed by atoms with Crippen LogP contribution >= 0.6 is 0 Å². The van der Waals surface area contributed by atoms with Crippen molar-refractivity contribution in [2.24, 2.45) is 0 Å². The molecule has 0 bridgehead atoms. The molecule has 1 rings (SSSR count). The first-order chi connectivity index (χ1) is 8.91. The van der Waals surface area contributed by atoms with Crippen LogP contribution in [0.1, 0.15) is 16.8 Å². The molecule has 4 nitrogen and oxygen atoms in total. The van der Waals surface area contributed by atoms with Gasteiger partial charge < -0.3 is 10.1 Å². The molecule has 0 aliphatic carbocycles. The highest BCUT2D eigenvalue weighted by Gasteiger charge is 2.38. The van der Waals surface area contributed by atoms with Crippen LogP contribution in [0.5, 0.6) is 0 Å². The summed E-state index contributed by atoms with van der Waals surface area (Å²) in [5.41, 5.74) is 0.363. The van der Waals surface area contributed by atoms with Gasteiger partial charge in [0.1, 0.15) is 0 Å². The maximum absolute atomic E-state index is 11.8. The van der Waals surface area contributed by atoms with E-state index < -0.39 is 18.1 Å². The minimum absolute atomic E-state index is 0.0636. The van der Waals surface area contributed by atoms with Gasteiger partial charge >= 0.3 is 18.1 Å². The van der Waals surface area contributed by atoms with Gasteiger partial charge in [0.05, 0.1) is 12.2 Å². The Morgan fingerprint density at radius 3 is 2.37 bits per heavy atom. The number of halogens is 3. The van der Waals surface area contributed by atoms with Crippen molar-refractivity contribution in [3.05, 3.63) is 35.9 Å². The average molecular weight is 275 g/mol. The van der Waals surface area contributed by atoms with Crippen LogP contribution in [0.4, 0.5) is 13.2 Å². The van der Waals surface area contributed by atoms with E-state index in [4.69, 9.17) is 4.74 Å². The molecule has 1 aromatic carbocycles. The molecule has 0 unspecified atom stereocenters. The molecule has 0 aliphatic heterocycles. The van der Waals surface area contributed by atoms with Crippen molar-refractivity contribution in [2.75, 3.05) is 13.2 Å². The molecule has 1 amide bonds. The number of nitrogens with one attached hydrogen (secondary N) is 1. The predicted octanol–water partition coefficient (Wildman–Crippen LogP) is 1.91. The van der Waals surface area contributed by atoms with Gasteiger partial charge in [-0.25, -0.2) is 4.79 Å². The number of amides is 1. The molecule has 0 aromatic heterocycles. The molecular formula is C12H12F3NO3. The highest BCUT2D eigenvalue weighted by atomic mass is 19.4. The minimum Gasteiger partial charge on any atom is -0.462 e. The summed E-state index contributed by atoms with van der Waals surface area (Å²) in [7, 11) is 0. The quantitative estimate of drug-likeness (QED) is 0.659. The van der Waals surface area contributed by atoms with Crippen molar-refractivity contribution in [2.45, 2.75) is 12.6 Å². The molecule has 0 spiro atoms. The number of carbonyl (C=O) groups is 2. The largest absolute Gasteiger partial charge is 0.471 e. The maximum atomic E-state index is 11.8. The van der Waals surface area contributed by atoms with Crippen LogP contribution < -0.4 is 5.32 Å². The maximum Gasteiger partial charge on any atom is 0.471 e. The normalized spacial score (nSPS) is 10.9. The standard InChI is InChI=1S/C12H12F3NO3/c13-12(14,15)11(18)16-7-4-8-19-10(17)9-5-2-1-3-6-9/h1-3,5-6H,4,7-8H2,(H,16,18). The molecule has 104 valence electrons. The third-order valence-electron chi connectivity index (χ3n) is 2.11. The smallest absolute Gasteiger partial charge is 0.462 e. The molecule has 0 aliphatic rings. The first kappa shape index (κ1) is 15.0. The Morgan fingerprint density at radius 2 is 1.79 bits per heavy atom. The lowest BCUT2D eigenvalue weighted by molar-refractivity contribution is -0.173. The first-order valence-corrected chi connectivity index (χ1v) is 5.48. The molecule has 1 aromatic rings. The molecule has 7 heteroatoms. The highest BCUT2D eigenvalue weighted by Crippen LogP contribution is 2.13. The van der Waals surface area contributed by atoms with Crippen LogP contribution in [0, 0.1) is 0 Å². The van der Waals surface area contributed by atoms with Gasteiger partial charge in [0.25, 0.3) is 0 Å². The van der Waals surface area contributed by atoms with Crippen LogP contribution in [0.3, 0.4) is 0 Å². The van der Waals surface area contributed by atoms with Gasteiger partial charge in [0.15, 0.2) is 0 Å². The molecule has 0 atom stereocenters. The Hall–Kier alpha value is -2.05. The number of hydrogen-bond acceptors (Lipinski definition) is 3. The SMILES string of the molecule is O=C(OCCCNC(=O)C(F)(F)F)c1ccccc1. The summed E-state index contributed by atoms with van der Waals surface area (Å²) in [6.45, 7) is -0.272. The summed E-state index contributed by atoms with van der Waals surface area (Å²) in [6, 6.07) is 8.20. The molecule has 0 fully saturated rings. The van der Waals surface area contributed by atoms with Gasteiger partial charge in [0.2, 0.25) is 0 Å². The lowest BCUT2D eigenvalue weighted by Crippen LogP contribution is -2.37. The number of hydrogen-bond donors (Lipinski definition) is 1. The summed E-state index contributed by atoms with van der Waals surface area (Å²) < 4.78 is 40.3. The molecule has 0 saturated carbocycles. The fraction of sp³-hybridized carbons (Fsp3) is 0.333. The van der Waals surface area contributed by atoms with E-state index >= 15 is 0 Å². The molecule has 0 heterocycles. The third kappa shape index (κ3) is 5.41. The van der Waals surface area contributed by atoms with Crippen molar-refractivity contribution in [1.82, 2.24) is 5.32 Å². The molecule has 19 heavy (non-hydrogen) atoms. The topological polar surface area (TPSA) is 55.4 Å². The van der Waals surface area contributed by atoms with E-state index in [2.05, 4.69) is 0 Å². The highest BCUT2D eigenvalue weighted by molar-refractivity contribution is 5.89. The van der Waals surface area contributed by atoms with Crippen molar-refractivity contribution in [3.63, 3.8) is 0 Å². The minimum atomic E-state index is -4.89. The van der Waals surface area contributed by atoms with E-state index in [1.165, 1.54) is 0 Å². The van der Waals surface area contributed by atoms with E-state index in [0.717, 1.165) is 0 Å². The first-order valence-electron chi connectivity index (χ1n) is 5.48. The zero-order valence-electron chi connectivity index (χ0n) is 9.87.